The van der Waals surface area contributed by atoms with Crippen molar-refractivity contribution in [3.63, 3.8) is 0 Å². The van der Waals surface area contributed by atoms with E-state index < -0.39 is 29.6 Å². The molecule has 2 atom stereocenters. The van der Waals surface area contributed by atoms with Gasteiger partial charge < -0.3 is 25.2 Å². The molecule has 33 heavy (non-hydrogen) atoms. The van der Waals surface area contributed by atoms with Crippen molar-refractivity contribution in [1.29, 1.82) is 0 Å². The first-order chi connectivity index (χ1) is 15.9. The number of carboxylic acid groups (broad SMARTS) is 1. The average molecular weight is 450 g/mol. The van der Waals surface area contributed by atoms with Gasteiger partial charge in [0.05, 0.1) is 11.5 Å². The lowest BCUT2D eigenvalue weighted by atomic mass is 9.98. The second-order valence-electron chi connectivity index (χ2n) is 9.16. The summed E-state index contributed by atoms with van der Waals surface area (Å²) in [5.74, 6) is -1.51. The van der Waals surface area contributed by atoms with Crippen LogP contribution in [0.2, 0.25) is 0 Å². The summed E-state index contributed by atoms with van der Waals surface area (Å²) < 4.78 is 5.54. The molecule has 3 N–H and O–H groups in total. The van der Waals surface area contributed by atoms with Crippen LogP contribution in [0.25, 0.3) is 11.1 Å². The van der Waals surface area contributed by atoms with Gasteiger partial charge in [0.1, 0.15) is 12.6 Å². The van der Waals surface area contributed by atoms with Crippen LogP contribution in [0.4, 0.5) is 4.79 Å². The van der Waals surface area contributed by atoms with E-state index in [1.54, 1.807) is 0 Å². The number of carboxylic acids is 1. The summed E-state index contributed by atoms with van der Waals surface area (Å²) in [7, 11) is 0. The van der Waals surface area contributed by atoms with Gasteiger partial charge in [0, 0.05) is 25.4 Å². The molecule has 1 unspecified atom stereocenters. The number of rotatable bonds is 6. The number of nitrogens with one attached hydrogen (secondary N) is 1. The lowest BCUT2D eigenvalue weighted by Gasteiger charge is -2.26. The Labute approximate surface area is 191 Å². The first-order valence-electron chi connectivity index (χ1n) is 11.2. The van der Waals surface area contributed by atoms with Crippen molar-refractivity contribution in [2.75, 3.05) is 19.7 Å². The number of ether oxygens (including phenoxy) is 1. The minimum absolute atomic E-state index is 0.00247. The van der Waals surface area contributed by atoms with Gasteiger partial charge in [0.2, 0.25) is 5.91 Å². The van der Waals surface area contributed by atoms with Gasteiger partial charge in [-0.05, 0) is 35.1 Å². The fourth-order valence-corrected chi connectivity index (χ4v) is 5.08. The van der Waals surface area contributed by atoms with Crippen molar-refractivity contribution < 1.29 is 29.3 Å². The molecule has 2 aromatic rings. The molecule has 0 aromatic heterocycles. The highest BCUT2D eigenvalue weighted by molar-refractivity contribution is 5.90. The van der Waals surface area contributed by atoms with Crippen LogP contribution in [0, 0.1) is 5.41 Å². The smallest absolute Gasteiger partial charge is 0.407 e. The first-order valence-corrected chi connectivity index (χ1v) is 11.2. The normalized spacial score (nSPS) is 22.4. The first kappa shape index (κ1) is 21.5. The molecule has 1 saturated heterocycles. The molecule has 3 aliphatic rings. The SMILES string of the molecule is O=C(NCC1(C(=O)N2CC(O)C[C@H]2C(=O)O)CC1)OCC1c2ccccc2-c2ccccc21. The van der Waals surface area contributed by atoms with Gasteiger partial charge in [0.15, 0.2) is 0 Å². The number of fused-ring (bicyclic) bond motifs is 3. The Hall–Kier alpha value is -3.39. The van der Waals surface area contributed by atoms with Gasteiger partial charge in [-0.25, -0.2) is 9.59 Å². The minimum Gasteiger partial charge on any atom is -0.480 e. The number of carbonyl (C=O) groups excluding carboxylic acids is 2. The van der Waals surface area contributed by atoms with Crippen LogP contribution in [0.5, 0.6) is 0 Å². The highest BCUT2D eigenvalue weighted by Gasteiger charge is 2.55. The fraction of sp³-hybridized carbons (Fsp3) is 0.400. The molecule has 1 saturated carbocycles. The lowest BCUT2D eigenvalue weighted by molar-refractivity contribution is -0.150. The lowest BCUT2D eigenvalue weighted by Crippen LogP contribution is -2.47. The molecule has 8 nitrogen and oxygen atoms in total. The van der Waals surface area contributed by atoms with E-state index in [1.165, 1.54) is 4.90 Å². The maximum Gasteiger partial charge on any atom is 0.407 e. The highest BCUT2D eigenvalue weighted by atomic mass is 16.5. The van der Waals surface area contributed by atoms with E-state index in [-0.39, 0.29) is 37.9 Å². The van der Waals surface area contributed by atoms with E-state index in [0.717, 1.165) is 22.3 Å². The molecular weight excluding hydrogens is 424 g/mol. The molecule has 0 spiro atoms. The van der Waals surface area contributed by atoms with Crippen LogP contribution < -0.4 is 5.32 Å². The quantitative estimate of drug-likeness (QED) is 0.622. The molecule has 5 rings (SSSR count). The topological polar surface area (TPSA) is 116 Å². The third kappa shape index (κ3) is 3.84. The zero-order valence-electron chi connectivity index (χ0n) is 18.1. The monoisotopic (exact) mass is 450 g/mol. The van der Waals surface area contributed by atoms with E-state index in [1.807, 2.05) is 36.4 Å². The number of aliphatic hydroxyl groups excluding tert-OH is 1. The van der Waals surface area contributed by atoms with E-state index >= 15 is 0 Å². The minimum atomic E-state index is -1.12. The van der Waals surface area contributed by atoms with Crippen LogP contribution in [-0.4, -0.2) is 64.9 Å². The van der Waals surface area contributed by atoms with Crippen LogP contribution in [0.1, 0.15) is 36.3 Å². The zero-order valence-corrected chi connectivity index (χ0v) is 18.1. The molecule has 2 aliphatic carbocycles. The molecule has 0 bridgehead atoms. The molecular formula is C25H26N2O6. The fourth-order valence-electron chi connectivity index (χ4n) is 5.08. The third-order valence-electron chi connectivity index (χ3n) is 7.05. The van der Waals surface area contributed by atoms with Crippen molar-refractivity contribution in [1.82, 2.24) is 10.2 Å². The van der Waals surface area contributed by atoms with Gasteiger partial charge in [-0.1, -0.05) is 48.5 Å². The Bertz CT molecular complexity index is 1070. The van der Waals surface area contributed by atoms with E-state index in [0.29, 0.717) is 12.8 Å². The summed E-state index contributed by atoms with van der Waals surface area (Å²) in [6.45, 7) is 0.268. The number of benzene rings is 2. The summed E-state index contributed by atoms with van der Waals surface area (Å²) in [6, 6.07) is 15.1. The number of nitrogens with zero attached hydrogens (tertiary/aromatic N) is 1. The van der Waals surface area contributed by atoms with Crippen molar-refractivity contribution in [2.24, 2.45) is 5.41 Å². The largest absolute Gasteiger partial charge is 0.480 e. The Kier molecular flexibility index (Phi) is 5.32. The average Bonchev–Trinajstić information content (AvgIpc) is 3.41. The van der Waals surface area contributed by atoms with Crippen LogP contribution >= 0.6 is 0 Å². The van der Waals surface area contributed by atoms with Gasteiger partial charge in [-0.2, -0.15) is 0 Å². The number of amides is 2. The highest BCUT2D eigenvalue weighted by Crippen LogP contribution is 2.48. The molecule has 0 radical (unpaired) electrons. The summed E-state index contributed by atoms with van der Waals surface area (Å²) in [5.41, 5.74) is 3.71. The van der Waals surface area contributed by atoms with Crippen molar-refractivity contribution in [3.8, 4) is 11.1 Å². The molecule has 8 heteroatoms. The summed E-state index contributed by atoms with van der Waals surface area (Å²) in [6.07, 6.45) is -0.298. The Morgan fingerprint density at radius 2 is 1.64 bits per heavy atom. The van der Waals surface area contributed by atoms with E-state index in [2.05, 4.69) is 17.4 Å². The Morgan fingerprint density at radius 3 is 2.21 bits per heavy atom. The number of hydrogen-bond donors (Lipinski definition) is 3. The third-order valence-corrected chi connectivity index (χ3v) is 7.05. The summed E-state index contributed by atoms with van der Waals surface area (Å²) in [5, 5.41) is 21.9. The Morgan fingerprint density at radius 1 is 1.03 bits per heavy atom. The number of likely N-dealkylation sites (tertiary alicyclic amines) is 1. The predicted octanol–water partition coefficient (Wildman–Crippen LogP) is 2.35. The maximum atomic E-state index is 13.0. The predicted molar refractivity (Wildman–Crippen MR) is 118 cm³/mol. The molecule has 2 fully saturated rings. The molecule has 1 heterocycles. The Balaban J connectivity index is 1.20. The number of hydrogen-bond acceptors (Lipinski definition) is 5. The van der Waals surface area contributed by atoms with Gasteiger partial charge in [-0.15, -0.1) is 0 Å². The van der Waals surface area contributed by atoms with Gasteiger partial charge in [0.25, 0.3) is 0 Å². The number of carbonyl (C=O) groups is 3. The van der Waals surface area contributed by atoms with Crippen LogP contribution in [0.3, 0.4) is 0 Å². The zero-order chi connectivity index (χ0) is 23.2. The second kappa shape index (κ2) is 8.19. The number of aliphatic hydroxyl groups is 1. The standard InChI is InChI=1S/C25H26N2O6/c28-15-11-21(22(29)30)27(12-15)23(31)25(9-10-25)14-26-24(32)33-13-20-18-7-3-1-5-16(18)17-6-2-4-8-19(17)20/h1-8,15,20-21,28H,9-14H2,(H,26,32)(H,29,30)/t15?,21-/m0/s1. The summed E-state index contributed by atoms with van der Waals surface area (Å²) in [4.78, 5) is 38.2. The molecule has 2 aromatic carbocycles. The second-order valence-corrected chi connectivity index (χ2v) is 9.16. The van der Waals surface area contributed by atoms with Crippen molar-refractivity contribution in [3.05, 3.63) is 59.7 Å². The van der Waals surface area contributed by atoms with Crippen molar-refractivity contribution in [2.45, 2.75) is 37.3 Å². The molecule has 172 valence electrons. The van der Waals surface area contributed by atoms with E-state index in [4.69, 9.17) is 4.74 Å². The number of aliphatic carboxylic acids is 1. The molecule has 1 aliphatic heterocycles. The summed E-state index contributed by atoms with van der Waals surface area (Å²) >= 11 is 0. The van der Waals surface area contributed by atoms with Crippen molar-refractivity contribution >= 4 is 18.0 Å². The van der Waals surface area contributed by atoms with Crippen LogP contribution in [-0.2, 0) is 14.3 Å². The number of alkyl carbamates (subject to hydrolysis) is 1. The van der Waals surface area contributed by atoms with Crippen LogP contribution in [0.15, 0.2) is 48.5 Å². The maximum absolute atomic E-state index is 13.0. The van der Waals surface area contributed by atoms with Gasteiger partial charge in [-0.3, -0.25) is 4.79 Å². The van der Waals surface area contributed by atoms with Gasteiger partial charge >= 0.3 is 12.1 Å². The van der Waals surface area contributed by atoms with E-state index in [9.17, 15) is 24.6 Å². The number of β-amino-alcohol motifs (C(OH)–C–C–N with tert-alkyl or cyclic N) is 1. The molecule has 2 amide bonds.